The molecule has 1 atom stereocenters. The molecule has 17 heavy (non-hydrogen) atoms. The van der Waals surface area contributed by atoms with Gasteiger partial charge in [0.15, 0.2) is 9.84 Å². The summed E-state index contributed by atoms with van der Waals surface area (Å²) in [5.74, 6) is -2.72. The molecule has 94 valence electrons. The predicted octanol–water partition coefficient (Wildman–Crippen LogP) is 2.06. The molecule has 0 aliphatic heterocycles. The van der Waals surface area contributed by atoms with Crippen LogP contribution in [0.3, 0.4) is 0 Å². The van der Waals surface area contributed by atoms with Gasteiger partial charge in [0.2, 0.25) is 0 Å². The van der Waals surface area contributed by atoms with Crippen molar-refractivity contribution in [1.82, 2.24) is 0 Å². The molecule has 3 nitrogen and oxygen atoms in total. The van der Waals surface area contributed by atoms with Crippen LogP contribution in [0.2, 0.25) is 0 Å². The molecule has 1 aromatic carbocycles. The third-order valence-corrected chi connectivity index (χ3v) is 3.55. The Morgan fingerprint density at radius 3 is 2.41 bits per heavy atom. The minimum atomic E-state index is -3.97. The molecule has 0 spiro atoms. The predicted molar refractivity (Wildman–Crippen MR) is 58.6 cm³/mol. The van der Waals surface area contributed by atoms with Gasteiger partial charge in [-0.05, 0) is 17.5 Å². The molecule has 1 aromatic rings. The maximum Gasteiger partial charge on any atom is 0.181 e. The van der Waals surface area contributed by atoms with E-state index < -0.39 is 32.3 Å². The Balaban J connectivity index is 3.44. The van der Waals surface area contributed by atoms with Crippen molar-refractivity contribution in [3.63, 3.8) is 0 Å². The topological polar surface area (TPSA) is 51.2 Å². The number of aldehydes is 1. The zero-order valence-electron chi connectivity index (χ0n) is 9.41. The van der Waals surface area contributed by atoms with Crippen molar-refractivity contribution in [3.05, 3.63) is 29.3 Å². The van der Waals surface area contributed by atoms with Crippen LogP contribution in [0.15, 0.2) is 17.0 Å². The van der Waals surface area contributed by atoms with Gasteiger partial charge in [-0.3, -0.25) is 0 Å². The molecule has 0 amide bonds. The summed E-state index contributed by atoms with van der Waals surface area (Å²) in [4.78, 5) is 9.40. The molecule has 0 fully saturated rings. The third-order valence-electron chi connectivity index (χ3n) is 2.43. The van der Waals surface area contributed by atoms with Crippen LogP contribution in [-0.2, 0) is 14.6 Å². The molecule has 0 heterocycles. The molecule has 0 saturated carbocycles. The van der Waals surface area contributed by atoms with E-state index in [2.05, 4.69) is 0 Å². The molecule has 0 aromatic heterocycles. The highest BCUT2D eigenvalue weighted by molar-refractivity contribution is 7.90. The van der Waals surface area contributed by atoms with Crippen molar-refractivity contribution < 1.29 is 22.0 Å². The zero-order chi connectivity index (χ0) is 13.2. The van der Waals surface area contributed by atoms with Gasteiger partial charge in [-0.25, -0.2) is 17.2 Å². The van der Waals surface area contributed by atoms with E-state index in [0.29, 0.717) is 6.29 Å². The molecule has 6 heteroatoms. The minimum Gasteiger partial charge on any atom is -0.303 e. The summed E-state index contributed by atoms with van der Waals surface area (Å²) in [6.07, 6.45) is 1.39. The van der Waals surface area contributed by atoms with Gasteiger partial charge in [0, 0.05) is 12.7 Å². The van der Waals surface area contributed by atoms with Gasteiger partial charge in [0.05, 0.1) is 0 Å². The largest absolute Gasteiger partial charge is 0.303 e. The lowest BCUT2D eigenvalue weighted by molar-refractivity contribution is -0.108. The first-order chi connectivity index (χ1) is 7.79. The van der Waals surface area contributed by atoms with E-state index in [9.17, 15) is 22.0 Å². The van der Waals surface area contributed by atoms with Crippen LogP contribution in [0.5, 0.6) is 0 Å². The van der Waals surface area contributed by atoms with Crippen LogP contribution in [0.4, 0.5) is 8.78 Å². The molecular weight excluding hydrogens is 250 g/mol. The Labute approximate surface area is 98.4 Å². The number of hydrogen-bond donors (Lipinski definition) is 0. The standard InChI is InChI=1S/C11H12F2O3S/c1-7(5-6-14)8-3-4-9(12)11(10(8)13)17(2,15)16/h3-4,6-7H,5H2,1-2H3. The van der Waals surface area contributed by atoms with Crippen LogP contribution in [0, 0.1) is 11.6 Å². The van der Waals surface area contributed by atoms with Gasteiger partial charge in [-0.15, -0.1) is 0 Å². The monoisotopic (exact) mass is 262 g/mol. The second-order valence-corrected chi connectivity index (χ2v) is 5.81. The molecule has 0 bridgehead atoms. The fourth-order valence-electron chi connectivity index (χ4n) is 1.54. The van der Waals surface area contributed by atoms with E-state index >= 15 is 0 Å². The molecular formula is C11H12F2O3S. The van der Waals surface area contributed by atoms with Crippen molar-refractivity contribution in [1.29, 1.82) is 0 Å². The number of carbonyl (C=O) groups is 1. The second kappa shape index (κ2) is 4.91. The van der Waals surface area contributed by atoms with Gasteiger partial charge in [0.1, 0.15) is 22.8 Å². The summed E-state index contributed by atoms with van der Waals surface area (Å²) >= 11 is 0. The van der Waals surface area contributed by atoms with Gasteiger partial charge in [-0.2, -0.15) is 0 Å². The lowest BCUT2D eigenvalue weighted by Gasteiger charge is -2.12. The summed E-state index contributed by atoms with van der Waals surface area (Å²) in [5, 5.41) is 0. The van der Waals surface area contributed by atoms with E-state index in [1.54, 1.807) is 6.92 Å². The summed E-state index contributed by atoms with van der Waals surface area (Å²) in [5.41, 5.74) is 0.0268. The highest BCUT2D eigenvalue weighted by Gasteiger charge is 2.24. The van der Waals surface area contributed by atoms with Crippen LogP contribution in [0.1, 0.15) is 24.8 Å². The third kappa shape index (κ3) is 2.88. The molecule has 1 rings (SSSR count). The van der Waals surface area contributed by atoms with Crippen LogP contribution in [-0.4, -0.2) is 21.0 Å². The van der Waals surface area contributed by atoms with Crippen molar-refractivity contribution in [2.75, 3.05) is 6.26 Å². The molecule has 0 radical (unpaired) electrons. The molecule has 0 aliphatic carbocycles. The maximum absolute atomic E-state index is 13.9. The Bertz CT molecular complexity index is 538. The quantitative estimate of drug-likeness (QED) is 0.780. The molecule has 0 saturated heterocycles. The molecule has 1 unspecified atom stereocenters. The SMILES string of the molecule is CC(CC=O)c1ccc(F)c(S(C)(=O)=O)c1F. The Morgan fingerprint density at radius 1 is 1.35 bits per heavy atom. The fraction of sp³-hybridized carbons (Fsp3) is 0.364. The van der Waals surface area contributed by atoms with E-state index in [1.165, 1.54) is 0 Å². The maximum atomic E-state index is 13.9. The summed E-state index contributed by atoms with van der Waals surface area (Å²) in [6.45, 7) is 1.57. The number of carbonyl (C=O) groups excluding carboxylic acids is 1. The summed E-state index contributed by atoms with van der Waals surface area (Å²) in [7, 11) is -3.97. The smallest absolute Gasteiger partial charge is 0.181 e. The van der Waals surface area contributed by atoms with Gasteiger partial charge in [0.25, 0.3) is 0 Å². The number of benzene rings is 1. The van der Waals surface area contributed by atoms with E-state index in [1.807, 2.05) is 0 Å². The van der Waals surface area contributed by atoms with Gasteiger partial charge < -0.3 is 4.79 Å². The van der Waals surface area contributed by atoms with Crippen molar-refractivity contribution in [2.24, 2.45) is 0 Å². The van der Waals surface area contributed by atoms with Gasteiger partial charge in [-0.1, -0.05) is 13.0 Å². The number of hydrogen-bond acceptors (Lipinski definition) is 3. The second-order valence-electron chi connectivity index (χ2n) is 3.86. The molecule has 0 N–H and O–H groups in total. The van der Waals surface area contributed by atoms with E-state index in [4.69, 9.17) is 0 Å². The first-order valence-electron chi connectivity index (χ1n) is 4.90. The lowest BCUT2D eigenvalue weighted by Crippen LogP contribution is -2.09. The Morgan fingerprint density at radius 2 is 1.94 bits per heavy atom. The highest BCUT2D eigenvalue weighted by Crippen LogP contribution is 2.28. The molecule has 0 aliphatic rings. The summed E-state index contributed by atoms with van der Waals surface area (Å²) < 4.78 is 49.7. The number of halogens is 2. The van der Waals surface area contributed by atoms with Gasteiger partial charge >= 0.3 is 0 Å². The number of sulfone groups is 1. The first kappa shape index (κ1) is 13.8. The van der Waals surface area contributed by atoms with E-state index in [0.717, 1.165) is 18.4 Å². The lowest BCUT2D eigenvalue weighted by atomic mass is 9.98. The van der Waals surface area contributed by atoms with Crippen molar-refractivity contribution >= 4 is 16.1 Å². The normalized spacial score (nSPS) is 13.4. The average Bonchev–Trinajstić information content (AvgIpc) is 2.15. The van der Waals surface area contributed by atoms with Crippen LogP contribution >= 0.6 is 0 Å². The first-order valence-corrected chi connectivity index (χ1v) is 6.79. The van der Waals surface area contributed by atoms with Crippen molar-refractivity contribution in [2.45, 2.75) is 24.2 Å². The van der Waals surface area contributed by atoms with Crippen LogP contribution in [0.25, 0.3) is 0 Å². The highest BCUT2D eigenvalue weighted by atomic mass is 32.2. The Hall–Kier alpha value is -1.30. The zero-order valence-corrected chi connectivity index (χ0v) is 10.2. The summed E-state index contributed by atoms with van der Waals surface area (Å²) in [6, 6.07) is 2.06. The Kier molecular flexibility index (Phi) is 3.98. The fourth-order valence-corrected chi connectivity index (χ4v) is 2.41. The van der Waals surface area contributed by atoms with E-state index in [-0.39, 0.29) is 12.0 Å². The van der Waals surface area contributed by atoms with Crippen LogP contribution < -0.4 is 0 Å². The minimum absolute atomic E-state index is 0.0268. The number of rotatable bonds is 4. The van der Waals surface area contributed by atoms with Crippen molar-refractivity contribution in [3.8, 4) is 0 Å². The average molecular weight is 262 g/mol.